The first kappa shape index (κ1) is 32.6. The number of aromatic nitrogens is 1. The number of aliphatic hydroxyl groups is 1. The van der Waals surface area contributed by atoms with Crippen LogP contribution in [-0.2, 0) is 30.3 Å². The van der Waals surface area contributed by atoms with Crippen LogP contribution in [-0.4, -0.2) is 15.9 Å². The number of benzene rings is 3. The number of hydrogen-bond acceptors (Lipinski definition) is 4. The molecule has 0 saturated heterocycles. The first-order valence-corrected chi connectivity index (χ1v) is 15.4. The maximum Gasteiger partial charge on any atom is 0.162 e. The third kappa shape index (κ3) is 5.70. The zero-order valence-corrected chi connectivity index (χ0v) is 28.7. The predicted molar refractivity (Wildman–Crippen MR) is 174 cm³/mol. The summed E-state index contributed by atoms with van der Waals surface area (Å²) in [6.07, 6.45) is 6.89. The maximum absolute atomic E-state index is 11.7. The van der Waals surface area contributed by atoms with Gasteiger partial charge < -0.3 is 14.5 Å². The molecule has 1 aliphatic carbocycles. The number of allylic oxidation sites excluding steroid dienone is 2. The normalized spacial score (nSPS) is 13.7. The Morgan fingerprint density at radius 1 is 0.977 bits per heavy atom. The minimum absolute atomic E-state index is 0. The number of fused-ring (bicyclic) bond motifs is 4. The summed E-state index contributed by atoms with van der Waals surface area (Å²) in [7, 11) is 0. The summed E-state index contributed by atoms with van der Waals surface area (Å²) in [5.41, 5.74) is 7.46. The number of pyridine rings is 1. The van der Waals surface area contributed by atoms with Gasteiger partial charge in [-0.25, -0.2) is 0 Å². The molecule has 0 atom stereocenters. The number of hydrogen-bond donors (Lipinski definition) is 1. The van der Waals surface area contributed by atoms with Crippen LogP contribution in [0.5, 0.6) is 0 Å². The molecular formula is C38H42IrNO3-. The Hall–Kier alpha value is -3.27. The smallest absolute Gasteiger partial charge is 0.162 e. The summed E-state index contributed by atoms with van der Waals surface area (Å²) < 4.78 is 6.29. The molecular weight excluding hydrogens is 711 g/mol. The van der Waals surface area contributed by atoms with Crippen LogP contribution in [0.25, 0.3) is 44.0 Å². The van der Waals surface area contributed by atoms with Crippen molar-refractivity contribution in [2.24, 2.45) is 11.8 Å². The third-order valence-electron chi connectivity index (χ3n) is 9.19. The maximum atomic E-state index is 11.7. The standard InChI is InChI=1S/C25H18NO.C13H24O2.Ir/c1-14-11-12-18-21-20-17(9-6-10-19(20)27-24(14)21)23-22(25(18,2)3)16-8-5-4-7-15(16)13-26-23;1-5-10(6-2)12(14)9-13(15)11(7-3)8-4;/h4-8,10-13H,1-3H3;9-11,14H,5-8H2,1-4H3;/q-1;;/b;12-9-;. The van der Waals surface area contributed by atoms with Crippen LogP contribution in [0.15, 0.2) is 71.0 Å². The van der Waals surface area contributed by atoms with E-state index in [1.165, 1.54) is 33.4 Å². The van der Waals surface area contributed by atoms with Gasteiger partial charge in [-0.1, -0.05) is 89.4 Å². The SMILES string of the molecule is CCC(CC)C(=O)/C=C(\O)C(CC)CC.Cc1ccc2c3c1oc1cc[c-]c(c13)-c1ncc3ccccc3c1C2(C)C.[Ir]. The average Bonchev–Trinajstić information content (AvgIpc) is 3.35. The van der Waals surface area contributed by atoms with E-state index in [9.17, 15) is 9.90 Å². The summed E-state index contributed by atoms with van der Waals surface area (Å²) in [6.45, 7) is 14.8. The van der Waals surface area contributed by atoms with Crippen molar-refractivity contribution in [2.75, 3.05) is 0 Å². The van der Waals surface area contributed by atoms with Crippen LogP contribution in [0.2, 0.25) is 0 Å². The molecule has 43 heavy (non-hydrogen) atoms. The molecule has 1 radical (unpaired) electrons. The van der Waals surface area contributed by atoms with Crippen LogP contribution in [0.3, 0.4) is 0 Å². The molecule has 5 heteroatoms. The first-order valence-electron chi connectivity index (χ1n) is 15.4. The number of aliphatic hydroxyl groups excluding tert-OH is 1. The van der Waals surface area contributed by atoms with E-state index in [4.69, 9.17) is 9.40 Å². The Balaban J connectivity index is 0.000000230. The number of rotatable bonds is 7. The van der Waals surface area contributed by atoms with E-state index >= 15 is 0 Å². The van der Waals surface area contributed by atoms with Gasteiger partial charge in [0.1, 0.15) is 5.58 Å². The Labute approximate surface area is 268 Å². The van der Waals surface area contributed by atoms with E-state index in [1.54, 1.807) is 0 Å². The van der Waals surface area contributed by atoms with Gasteiger partial charge in [0.25, 0.3) is 0 Å². The summed E-state index contributed by atoms with van der Waals surface area (Å²) in [6, 6.07) is 20.4. The molecule has 0 fully saturated rings. The van der Waals surface area contributed by atoms with Crippen molar-refractivity contribution in [3.05, 3.63) is 89.3 Å². The van der Waals surface area contributed by atoms with Gasteiger partial charge in [0.2, 0.25) is 0 Å². The van der Waals surface area contributed by atoms with Crippen LogP contribution >= 0.6 is 0 Å². The van der Waals surface area contributed by atoms with Gasteiger partial charge in [0.05, 0.1) is 11.3 Å². The van der Waals surface area contributed by atoms with Gasteiger partial charge in [-0.2, -0.15) is 0 Å². The molecule has 0 amide bonds. The molecule has 6 rings (SSSR count). The number of nitrogens with zero attached hydrogens (tertiary/aromatic N) is 1. The number of carbonyl (C=O) groups is 1. The number of carbonyl (C=O) groups excluding carboxylic acids is 1. The molecule has 0 spiro atoms. The fourth-order valence-electron chi connectivity index (χ4n) is 6.60. The van der Waals surface area contributed by atoms with Crippen molar-refractivity contribution in [2.45, 2.75) is 79.6 Å². The molecule has 1 aliphatic rings. The molecule has 227 valence electrons. The second kappa shape index (κ2) is 13.2. The van der Waals surface area contributed by atoms with Gasteiger partial charge >= 0.3 is 0 Å². The van der Waals surface area contributed by atoms with Gasteiger partial charge in [0, 0.05) is 49.6 Å². The quantitative estimate of drug-likeness (QED) is 0.102. The van der Waals surface area contributed by atoms with E-state index in [0.29, 0.717) is 0 Å². The zero-order chi connectivity index (χ0) is 30.2. The fraction of sp³-hybridized carbons (Fsp3) is 0.368. The molecule has 2 aromatic heterocycles. The van der Waals surface area contributed by atoms with E-state index in [2.05, 4.69) is 63.2 Å². The van der Waals surface area contributed by atoms with Gasteiger partial charge in [0.15, 0.2) is 5.78 Å². The summed E-state index contributed by atoms with van der Waals surface area (Å²) in [4.78, 5) is 16.6. The van der Waals surface area contributed by atoms with Crippen LogP contribution in [0.4, 0.5) is 0 Å². The average molecular weight is 753 g/mol. The van der Waals surface area contributed by atoms with Crippen molar-refractivity contribution in [3.63, 3.8) is 0 Å². The summed E-state index contributed by atoms with van der Waals surface area (Å²) >= 11 is 0. The Morgan fingerprint density at radius 2 is 1.65 bits per heavy atom. The molecule has 5 aromatic rings. The third-order valence-corrected chi connectivity index (χ3v) is 9.19. The molecule has 0 bridgehead atoms. The Morgan fingerprint density at radius 3 is 2.33 bits per heavy atom. The molecule has 0 aliphatic heterocycles. The van der Waals surface area contributed by atoms with Crippen molar-refractivity contribution >= 4 is 38.5 Å². The van der Waals surface area contributed by atoms with E-state index < -0.39 is 0 Å². The van der Waals surface area contributed by atoms with Crippen molar-refractivity contribution in [1.29, 1.82) is 0 Å². The monoisotopic (exact) mass is 753 g/mol. The largest absolute Gasteiger partial charge is 0.512 e. The topological polar surface area (TPSA) is 63.3 Å². The Kier molecular flexibility index (Phi) is 9.99. The number of furan rings is 1. The fourth-order valence-corrected chi connectivity index (χ4v) is 6.60. The second-order valence-corrected chi connectivity index (χ2v) is 12.0. The first-order chi connectivity index (χ1) is 20.2. The van der Waals surface area contributed by atoms with Gasteiger partial charge in [-0.05, 0) is 71.1 Å². The molecule has 4 nitrogen and oxygen atoms in total. The second-order valence-electron chi connectivity index (χ2n) is 12.0. The van der Waals surface area contributed by atoms with Gasteiger partial charge in [-0.3, -0.25) is 4.79 Å². The van der Waals surface area contributed by atoms with E-state index in [1.807, 2.05) is 46.0 Å². The van der Waals surface area contributed by atoms with Crippen LogP contribution in [0, 0.1) is 24.8 Å². The zero-order valence-electron chi connectivity index (χ0n) is 26.3. The van der Waals surface area contributed by atoms with Crippen LogP contribution in [0.1, 0.15) is 83.9 Å². The Bertz CT molecular complexity index is 1810. The number of aryl methyl sites for hydroxylation is 1. The minimum atomic E-state index is -0.210. The van der Waals surface area contributed by atoms with Crippen molar-refractivity contribution in [1.82, 2.24) is 4.98 Å². The molecule has 0 saturated carbocycles. The van der Waals surface area contributed by atoms with E-state index in [0.717, 1.165) is 59.1 Å². The minimum Gasteiger partial charge on any atom is -0.512 e. The predicted octanol–water partition coefficient (Wildman–Crippen LogP) is 10.4. The van der Waals surface area contributed by atoms with E-state index in [-0.39, 0.29) is 48.9 Å². The van der Waals surface area contributed by atoms with Gasteiger partial charge in [-0.15, -0.1) is 17.7 Å². The molecule has 1 N–H and O–H groups in total. The molecule has 0 unspecified atom stereocenters. The molecule has 2 heterocycles. The number of ketones is 1. The van der Waals surface area contributed by atoms with Crippen molar-refractivity contribution in [3.8, 4) is 11.3 Å². The summed E-state index contributed by atoms with van der Waals surface area (Å²) in [5.74, 6) is 0.547. The van der Waals surface area contributed by atoms with Crippen molar-refractivity contribution < 1.29 is 34.4 Å². The molecule has 3 aromatic carbocycles. The summed E-state index contributed by atoms with van der Waals surface area (Å²) in [5, 5.41) is 14.5. The van der Waals surface area contributed by atoms with Crippen LogP contribution < -0.4 is 0 Å².